The van der Waals surface area contributed by atoms with Crippen LogP contribution in [0.4, 0.5) is 22.9 Å². The first-order valence-electron chi connectivity index (χ1n) is 7.02. The Labute approximate surface area is 140 Å². The van der Waals surface area contributed by atoms with Crippen molar-refractivity contribution in [3.05, 3.63) is 40.6 Å². The number of aromatic nitrogens is 3. The number of hydrogen-bond donors (Lipinski definition) is 2. The van der Waals surface area contributed by atoms with Gasteiger partial charge in [0.2, 0.25) is 5.52 Å². The Balaban J connectivity index is 2.08. The number of pyridine rings is 1. The van der Waals surface area contributed by atoms with Gasteiger partial charge in [-0.25, -0.2) is 9.61 Å². The molecule has 0 atom stereocenters. The van der Waals surface area contributed by atoms with Gasteiger partial charge in [0.15, 0.2) is 5.52 Å². The summed E-state index contributed by atoms with van der Waals surface area (Å²) in [5.41, 5.74) is 0.205. The average Bonchev–Trinajstić information content (AvgIpc) is 3.09. The number of esters is 1. The topological polar surface area (TPSA) is 145 Å². The fourth-order valence-corrected chi connectivity index (χ4v) is 2.16. The number of rotatable bonds is 6. The van der Waals surface area contributed by atoms with Crippen LogP contribution in [0.25, 0.3) is 11.0 Å². The first-order chi connectivity index (χ1) is 12.1. The highest BCUT2D eigenvalue weighted by molar-refractivity contribution is 6.00. The summed E-state index contributed by atoms with van der Waals surface area (Å²) in [6.07, 6.45) is 1.54. The average molecular weight is 344 g/mol. The predicted molar refractivity (Wildman–Crippen MR) is 86.5 cm³/mol. The molecule has 3 rings (SSSR count). The van der Waals surface area contributed by atoms with E-state index in [0.29, 0.717) is 11.5 Å². The maximum Gasteiger partial charge on any atom is 0.325 e. The summed E-state index contributed by atoms with van der Waals surface area (Å²) in [5.74, 6) is -0.109. The van der Waals surface area contributed by atoms with Crippen LogP contribution in [0.5, 0.6) is 0 Å². The van der Waals surface area contributed by atoms with E-state index in [-0.39, 0.29) is 29.0 Å². The van der Waals surface area contributed by atoms with E-state index in [2.05, 4.69) is 35.3 Å². The lowest BCUT2D eigenvalue weighted by atomic mass is 10.2. The van der Waals surface area contributed by atoms with Crippen LogP contribution < -0.4 is 10.6 Å². The Bertz CT molecular complexity index is 926. The number of nitro groups is 1. The monoisotopic (exact) mass is 344 g/mol. The molecule has 0 saturated heterocycles. The fourth-order valence-electron chi connectivity index (χ4n) is 2.16. The number of nitrogens with one attached hydrogen (secondary N) is 2. The molecule has 0 unspecified atom stereocenters. The minimum absolute atomic E-state index is 0.0571. The molecular weight excluding hydrogens is 332 g/mol. The Morgan fingerprint density at radius 3 is 2.80 bits per heavy atom. The standard InChI is InChI=1S/C14H12N6O5/c1-24-11(21)7-16-8-6-9(17-10-4-2-3-5-15-10)14(20(22)23)13-12(8)18-25-19-13/h2-6,16H,7H2,1H3,(H,15,17). The first kappa shape index (κ1) is 16.1. The van der Waals surface area contributed by atoms with Crippen molar-refractivity contribution >= 4 is 39.9 Å². The van der Waals surface area contributed by atoms with Crippen LogP contribution in [0.2, 0.25) is 0 Å². The number of methoxy groups -OCH3 is 1. The lowest BCUT2D eigenvalue weighted by Crippen LogP contribution is -2.15. The number of fused-ring (bicyclic) bond motifs is 1. The normalized spacial score (nSPS) is 10.4. The van der Waals surface area contributed by atoms with Gasteiger partial charge in [-0.15, -0.1) is 0 Å². The molecule has 0 bridgehead atoms. The Kier molecular flexibility index (Phi) is 4.37. The Hall–Kier alpha value is -3.76. The molecule has 0 spiro atoms. The summed E-state index contributed by atoms with van der Waals surface area (Å²) in [4.78, 5) is 26.3. The molecule has 25 heavy (non-hydrogen) atoms. The highest BCUT2D eigenvalue weighted by Crippen LogP contribution is 2.37. The summed E-state index contributed by atoms with van der Waals surface area (Å²) in [7, 11) is 1.25. The van der Waals surface area contributed by atoms with E-state index in [1.807, 2.05) is 0 Å². The van der Waals surface area contributed by atoms with Crippen molar-refractivity contribution in [1.29, 1.82) is 0 Å². The van der Waals surface area contributed by atoms with Crippen molar-refractivity contribution in [2.75, 3.05) is 24.3 Å². The number of benzene rings is 1. The second kappa shape index (κ2) is 6.78. The van der Waals surface area contributed by atoms with Crippen LogP contribution in [0, 0.1) is 10.1 Å². The number of carbonyl (C=O) groups excluding carboxylic acids is 1. The van der Waals surface area contributed by atoms with Crippen molar-refractivity contribution in [3.8, 4) is 0 Å². The highest BCUT2D eigenvalue weighted by atomic mass is 16.6. The van der Waals surface area contributed by atoms with E-state index in [4.69, 9.17) is 0 Å². The van der Waals surface area contributed by atoms with Crippen LogP contribution in [0.15, 0.2) is 35.1 Å². The number of nitro benzene ring substituents is 1. The van der Waals surface area contributed by atoms with Gasteiger partial charge in [-0.3, -0.25) is 14.9 Å². The number of carbonyl (C=O) groups is 1. The van der Waals surface area contributed by atoms with Crippen molar-refractivity contribution in [2.45, 2.75) is 0 Å². The molecule has 11 heteroatoms. The van der Waals surface area contributed by atoms with Crippen molar-refractivity contribution in [2.24, 2.45) is 0 Å². The van der Waals surface area contributed by atoms with Gasteiger partial charge in [0, 0.05) is 6.20 Å². The van der Waals surface area contributed by atoms with Crippen molar-refractivity contribution in [3.63, 3.8) is 0 Å². The molecular formula is C14H12N6O5. The lowest BCUT2D eigenvalue weighted by Gasteiger charge is -2.10. The van der Waals surface area contributed by atoms with E-state index in [1.54, 1.807) is 24.4 Å². The molecule has 1 aromatic carbocycles. The second-order valence-electron chi connectivity index (χ2n) is 4.81. The third-order valence-corrected chi connectivity index (χ3v) is 3.27. The van der Waals surface area contributed by atoms with Crippen molar-refractivity contribution in [1.82, 2.24) is 15.3 Å². The maximum absolute atomic E-state index is 11.5. The van der Waals surface area contributed by atoms with E-state index < -0.39 is 10.9 Å². The summed E-state index contributed by atoms with van der Waals surface area (Å²) in [6, 6.07) is 6.53. The summed E-state index contributed by atoms with van der Waals surface area (Å²) in [6.45, 7) is -0.153. The first-order valence-corrected chi connectivity index (χ1v) is 7.02. The summed E-state index contributed by atoms with van der Waals surface area (Å²) < 4.78 is 9.19. The molecule has 0 amide bonds. The number of anilines is 3. The van der Waals surface area contributed by atoms with Gasteiger partial charge in [0.1, 0.15) is 18.1 Å². The van der Waals surface area contributed by atoms with Gasteiger partial charge in [0.05, 0.1) is 17.7 Å². The molecule has 2 N–H and O–H groups in total. The van der Waals surface area contributed by atoms with Gasteiger partial charge >= 0.3 is 11.7 Å². The Morgan fingerprint density at radius 2 is 2.12 bits per heavy atom. The SMILES string of the molecule is COC(=O)CNc1cc(Nc2ccccn2)c([N+](=O)[O-])c2nonc12. The van der Waals surface area contributed by atoms with Crippen LogP contribution in [-0.4, -0.2) is 39.8 Å². The zero-order valence-electron chi connectivity index (χ0n) is 12.9. The molecule has 3 aromatic rings. The third kappa shape index (κ3) is 3.29. The maximum atomic E-state index is 11.5. The molecule has 11 nitrogen and oxygen atoms in total. The molecule has 0 aliphatic carbocycles. The van der Waals surface area contributed by atoms with E-state index >= 15 is 0 Å². The third-order valence-electron chi connectivity index (χ3n) is 3.27. The van der Waals surface area contributed by atoms with Crippen LogP contribution in [-0.2, 0) is 9.53 Å². The minimum atomic E-state index is -0.595. The van der Waals surface area contributed by atoms with Crippen LogP contribution in [0.1, 0.15) is 0 Å². The number of hydrogen-bond acceptors (Lipinski definition) is 10. The molecule has 0 aliphatic heterocycles. The quantitative estimate of drug-likeness (QED) is 0.386. The summed E-state index contributed by atoms with van der Waals surface area (Å²) >= 11 is 0. The van der Waals surface area contributed by atoms with Gasteiger partial charge in [-0.05, 0) is 28.5 Å². The van der Waals surface area contributed by atoms with Crippen LogP contribution in [0.3, 0.4) is 0 Å². The summed E-state index contributed by atoms with van der Waals surface area (Å²) in [5, 5.41) is 24.4. The molecule has 0 radical (unpaired) electrons. The molecule has 0 fully saturated rings. The highest BCUT2D eigenvalue weighted by Gasteiger charge is 2.26. The van der Waals surface area contributed by atoms with E-state index in [9.17, 15) is 14.9 Å². The minimum Gasteiger partial charge on any atom is -0.468 e. The molecule has 0 saturated carbocycles. The smallest absolute Gasteiger partial charge is 0.325 e. The second-order valence-corrected chi connectivity index (χ2v) is 4.81. The fraction of sp³-hybridized carbons (Fsp3) is 0.143. The van der Waals surface area contributed by atoms with Gasteiger partial charge in [-0.2, -0.15) is 0 Å². The van der Waals surface area contributed by atoms with Gasteiger partial charge in [0.25, 0.3) is 0 Å². The lowest BCUT2D eigenvalue weighted by molar-refractivity contribution is -0.382. The number of ether oxygens (including phenoxy) is 1. The molecule has 2 heterocycles. The molecule has 2 aromatic heterocycles. The van der Waals surface area contributed by atoms with Crippen LogP contribution >= 0.6 is 0 Å². The van der Waals surface area contributed by atoms with Gasteiger partial charge < -0.3 is 15.4 Å². The van der Waals surface area contributed by atoms with Crippen molar-refractivity contribution < 1.29 is 19.1 Å². The van der Waals surface area contributed by atoms with E-state index in [0.717, 1.165) is 0 Å². The zero-order valence-corrected chi connectivity index (χ0v) is 12.9. The van der Waals surface area contributed by atoms with Gasteiger partial charge in [-0.1, -0.05) is 6.07 Å². The zero-order chi connectivity index (χ0) is 17.8. The predicted octanol–water partition coefficient (Wildman–Crippen LogP) is 1.85. The van der Waals surface area contributed by atoms with E-state index in [1.165, 1.54) is 13.2 Å². The molecule has 128 valence electrons. The number of nitrogens with zero attached hydrogens (tertiary/aromatic N) is 4. The largest absolute Gasteiger partial charge is 0.468 e. The Morgan fingerprint density at radius 1 is 1.32 bits per heavy atom. The molecule has 0 aliphatic rings.